The highest BCUT2D eigenvalue weighted by atomic mass is 79.9. The third kappa shape index (κ3) is 3.06. The number of benzene rings is 4. The second-order valence-corrected chi connectivity index (χ2v) is 7.98. The molecule has 0 aliphatic carbocycles. The van der Waals surface area contributed by atoms with Gasteiger partial charge in [-0.25, -0.2) is 0 Å². The predicted octanol–water partition coefficient (Wildman–Crippen LogP) is 6.56. The summed E-state index contributed by atoms with van der Waals surface area (Å²) < 4.78 is 0.964. The zero-order valence-corrected chi connectivity index (χ0v) is 17.3. The Labute approximate surface area is 177 Å². The predicted molar refractivity (Wildman–Crippen MR) is 124 cm³/mol. The summed E-state index contributed by atoms with van der Waals surface area (Å²) in [5.74, 6) is -0.109. The first-order valence-electron chi connectivity index (χ1n) is 9.39. The number of nitrogens with zero attached hydrogens (tertiary/aromatic N) is 2. The molecule has 0 radical (unpaired) electrons. The van der Waals surface area contributed by atoms with Crippen LogP contribution in [0.2, 0.25) is 0 Å². The number of hydrogen-bond acceptors (Lipinski definition) is 2. The molecule has 0 N–H and O–H groups in total. The van der Waals surface area contributed by atoms with Crippen LogP contribution in [-0.2, 0) is 4.79 Å². The Kier molecular flexibility index (Phi) is 4.29. The van der Waals surface area contributed by atoms with Crippen molar-refractivity contribution in [3.63, 3.8) is 0 Å². The molecule has 0 unspecified atom stereocenters. The topological polar surface area (TPSA) is 32.7 Å². The van der Waals surface area contributed by atoms with Crippen LogP contribution in [0.15, 0.2) is 94.0 Å². The van der Waals surface area contributed by atoms with E-state index in [-0.39, 0.29) is 5.91 Å². The van der Waals surface area contributed by atoms with Crippen molar-refractivity contribution in [1.29, 1.82) is 0 Å². The normalized spacial score (nSPS) is 15.5. The lowest BCUT2D eigenvalue weighted by molar-refractivity contribution is -0.114. The average Bonchev–Trinajstić information content (AvgIpc) is 3.02. The summed E-state index contributed by atoms with van der Waals surface area (Å²) in [4.78, 5) is 13.2. The third-order valence-corrected chi connectivity index (χ3v) is 5.76. The van der Waals surface area contributed by atoms with E-state index in [0.717, 1.165) is 43.0 Å². The fraction of sp³-hybridized carbons (Fsp3) is 0.0400. The van der Waals surface area contributed by atoms with Crippen LogP contribution in [0.1, 0.15) is 12.5 Å². The van der Waals surface area contributed by atoms with Gasteiger partial charge in [-0.1, -0.05) is 64.5 Å². The van der Waals surface area contributed by atoms with Gasteiger partial charge < -0.3 is 0 Å². The number of carbonyl (C=O) groups excluding carboxylic acids is 1. The number of amides is 1. The minimum atomic E-state index is -0.109. The van der Waals surface area contributed by atoms with Crippen LogP contribution < -0.4 is 5.01 Å². The summed E-state index contributed by atoms with van der Waals surface area (Å²) in [7, 11) is 0. The maximum atomic E-state index is 13.2. The highest BCUT2D eigenvalue weighted by Gasteiger charge is 2.29. The Bertz CT molecular complexity index is 1280. The molecule has 0 atom stereocenters. The Morgan fingerprint density at radius 1 is 0.862 bits per heavy atom. The number of carbonyl (C=O) groups is 1. The smallest absolute Gasteiger partial charge is 0.267 e. The summed E-state index contributed by atoms with van der Waals surface area (Å²) in [5.41, 5.74) is 3.14. The van der Waals surface area contributed by atoms with Crippen molar-refractivity contribution >= 4 is 60.9 Å². The molecule has 5 rings (SSSR count). The highest BCUT2D eigenvalue weighted by Crippen LogP contribution is 2.32. The van der Waals surface area contributed by atoms with E-state index in [2.05, 4.69) is 51.4 Å². The van der Waals surface area contributed by atoms with Crippen molar-refractivity contribution < 1.29 is 4.79 Å². The number of rotatable bonds is 2. The SMILES string of the molecule is CC1=NN(c2ccc(Br)cc2)C(=O)/C1=C\c1c2ccccc2cc2ccccc12. The summed E-state index contributed by atoms with van der Waals surface area (Å²) in [5, 5.41) is 10.6. The number of hydrazone groups is 1. The van der Waals surface area contributed by atoms with Crippen LogP contribution in [-0.4, -0.2) is 11.6 Å². The number of anilines is 1. The molecule has 4 heteroatoms. The maximum absolute atomic E-state index is 13.2. The van der Waals surface area contributed by atoms with Gasteiger partial charge in [-0.05, 0) is 70.4 Å². The Morgan fingerprint density at radius 2 is 1.45 bits per heavy atom. The first-order chi connectivity index (χ1) is 14.1. The van der Waals surface area contributed by atoms with Gasteiger partial charge in [0.15, 0.2) is 0 Å². The molecule has 0 spiro atoms. The average molecular weight is 441 g/mol. The van der Waals surface area contributed by atoms with Crippen LogP contribution in [0.3, 0.4) is 0 Å². The molecule has 1 aliphatic heterocycles. The molecule has 1 aliphatic rings. The lowest BCUT2D eigenvalue weighted by Gasteiger charge is -2.12. The standard InChI is InChI=1S/C25H17BrN2O/c1-16-23(25(29)28(27-16)20-12-10-19(26)11-13-20)15-24-21-8-4-2-6-17(21)14-18-7-3-5-9-22(18)24/h2-15H,1H3/b23-15-. The van der Waals surface area contributed by atoms with E-state index >= 15 is 0 Å². The summed E-state index contributed by atoms with van der Waals surface area (Å²) in [6.45, 7) is 1.88. The van der Waals surface area contributed by atoms with E-state index in [0.29, 0.717) is 5.57 Å². The minimum Gasteiger partial charge on any atom is -0.267 e. The fourth-order valence-electron chi connectivity index (χ4n) is 3.79. The van der Waals surface area contributed by atoms with Crippen LogP contribution >= 0.6 is 15.9 Å². The molecule has 140 valence electrons. The number of fused-ring (bicyclic) bond motifs is 2. The third-order valence-electron chi connectivity index (χ3n) is 5.24. The molecule has 1 heterocycles. The Hall–Kier alpha value is -3.24. The second kappa shape index (κ2) is 6.98. The van der Waals surface area contributed by atoms with Gasteiger partial charge >= 0.3 is 0 Å². The van der Waals surface area contributed by atoms with Crippen molar-refractivity contribution in [1.82, 2.24) is 0 Å². The fourth-order valence-corrected chi connectivity index (χ4v) is 4.05. The van der Waals surface area contributed by atoms with Crippen molar-refractivity contribution in [2.24, 2.45) is 5.10 Å². The van der Waals surface area contributed by atoms with Crippen molar-refractivity contribution in [2.75, 3.05) is 5.01 Å². The molecular formula is C25H17BrN2O. The van der Waals surface area contributed by atoms with Gasteiger partial charge in [0.05, 0.1) is 17.0 Å². The first kappa shape index (κ1) is 17.8. The zero-order chi connectivity index (χ0) is 20.0. The number of hydrogen-bond donors (Lipinski definition) is 0. The van der Waals surface area contributed by atoms with Gasteiger partial charge in [0.25, 0.3) is 5.91 Å². The molecule has 0 saturated heterocycles. The van der Waals surface area contributed by atoms with Crippen molar-refractivity contribution in [3.05, 3.63) is 94.5 Å². The quantitative estimate of drug-likeness (QED) is 0.256. The summed E-state index contributed by atoms with van der Waals surface area (Å²) in [6, 6.07) is 26.3. The van der Waals surface area contributed by atoms with Gasteiger partial charge in [-0.15, -0.1) is 0 Å². The van der Waals surface area contributed by atoms with Crippen LogP contribution in [0, 0.1) is 0 Å². The first-order valence-corrected chi connectivity index (χ1v) is 10.2. The molecular weight excluding hydrogens is 424 g/mol. The number of halogens is 1. The van der Waals surface area contributed by atoms with Crippen LogP contribution in [0.5, 0.6) is 0 Å². The van der Waals surface area contributed by atoms with Gasteiger partial charge in [0.2, 0.25) is 0 Å². The van der Waals surface area contributed by atoms with E-state index in [1.54, 1.807) is 0 Å². The molecule has 4 aromatic carbocycles. The summed E-state index contributed by atoms with van der Waals surface area (Å²) >= 11 is 3.43. The van der Waals surface area contributed by atoms with Gasteiger partial charge in [-0.2, -0.15) is 10.1 Å². The van der Waals surface area contributed by atoms with E-state index in [1.165, 1.54) is 5.01 Å². The zero-order valence-electron chi connectivity index (χ0n) is 15.8. The highest BCUT2D eigenvalue weighted by molar-refractivity contribution is 9.10. The second-order valence-electron chi connectivity index (χ2n) is 7.07. The molecule has 1 amide bonds. The van der Waals surface area contributed by atoms with Gasteiger partial charge in [0.1, 0.15) is 0 Å². The molecule has 3 nitrogen and oxygen atoms in total. The minimum absolute atomic E-state index is 0.109. The lowest BCUT2D eigenvalue weighted by atomic mass is 9.94. The molecule has 0 bridgehead atoms. The maximum Gasteiger partial charge on any atom is 0.280 e. The summed E-state index contributed by atoms with van der Waals surface area (Å²) in [6.07, 6.45) is 1.99. The van der Waals surface area contributed by atoms with Crippen LogP contribution in [0.4, 0.5) is 5.69 Å². The molecule has 4 aromatic rings. The molecule has 0 aromatic heterocycles. The van der Waals surface area contributed by atoms with E-state index in [9.17, 15) is 4.79 Å². The molecule has 0 fully saturated rings. The largest absolute Gasteiger partial charge is 0.280 e. The monoisotopic (exact) mass is 440 g/mol. The van der Waals surface area contributed by atoms with Gasteiger partial charge in [0, 0.05) is 4.47 Å². The Balaban J connectivity index is 1.69. The van der Waals surface area contributed by atoms with E-state index < -0.39 is 0 Å². The molecule has 29 heavy (non-hydrogen) atoms. The van der Waals surface area contributed by atoms with Crippen LogP contribution in [0.25, 0.3) is 27.6 Å². The van der Waals surface area contributed by atoms with E-state index in [4.69, 9.17) is 0 Å². The van der Waals surface area contributed by atoms with E-state index in [1.807, 2.05) is 61.5 Å². The Morgan fingerprint density at radius 3 is 2.07 bits per heavy atom. The molecule has 0 saturated carbocycles. The lowest BCUT2D eigenvalue weighted by Crippen LogP contribution is -2.21. The van der Waals surface area contributed by atoms with Crippen molar-refractivity contribution in [2.45, 2.75) is 6.92 Å². The van der Waals surface area contributed by atoms with Crippen molar-refractivity contribution in [3.8, 4) is 0 Å². The van der Waals surface area contributed by atoms with Gasteiger partial charge in [-0.3, -0.25) is 4.79 Å².